The number of nitrogens with two attached hydrogens (primary N) is 1. The van der Waals surface area contributed by atoms with Gasteiger partial charge in [-0.05, 0) is 18.3 Å². The van der Waals surface area contributed by atoms with Crippen LogP contribution in [0.15, 0.2) is 0 Å². The Labute approximate surface area is 110 Å². The fourth-order valence-electron chi connectivity index (χ4n) is 1.71. The number of carbonyl (C=O) groups excluding carboxylic acids is 1. The summed E-state index contributed by atoms with van der Waals surface area (Å²) in [6, 6.07) is 0. The van der Waals surface area contributed by atoms with Crippen LogP contribution in [0.4, 0.5) is 0 Å². The van der Waals surface area contributed by atoms with E-state index in [4.69, 9.17) is 5.73 Å². The molecule has 0 heterocycles. The number of nitrogens with one attached hydrogen (secondary N) is 1. The van der Waals surface area contributed by atoms with Crippen molar-refractivity contribution in [1.82, 2.24) is 5.32 Å². The van der Waals surface area contributed by atoms with Gasteiger partial charge in [0.05, 0.1) is 11.7 Å². The highest BCUT2D eigenvalue weighted by molar-refractivity contribution is 7.90. The van der Waals surface area contributed by atoms with Crippen molar-refractivity contribution in [3.05, 3.63) is 0 Å². The largest absolute Gasteiger partial charge is 0.356 e. The number of hydrogen-bond donors (Lipinski definition) is 2. The molecule has 18 heavy (non-hydrogen) atoms. The first-order chi connectivity index (χ1) is 8.05. The van der Waals surface area contributed by atoms with Crippen LogP contribution in [0.25, 0.3) is 0 Å². The van der Waals surface area contributed by atoms with Crippen LogP contribution >= 0.6 is 0 Å². The molecule has 0 aliphatic rings. The molecule has 1 amide bonds. The Morgan fingerprint density at radius 3 is 2.28 bits per heavy atom. The molecule has 0 bridgehead atoms. The van der Waals surface area contributed by atoms with Crippen LogP contribution in [0.2, 0.25) is 0 Å². The molecule has 0 aromatic rings. The topological polar surface area (TPSA) is 89.3 Å². The van der Waals surface area contributed by atoms with E-state index < -0.39 is 9.84 Å². The Morgan fingerprint density at radius 1 is 1.33 bits per heavy atom. The second-order valence-corrected chi connectivity index (χ2v) is 8.23. The van der Waals surface area contributed by atoms with Gasteiger partial charge in [0.1, 0.15) is 9.84 Å². The Balaban J connectivity index is 4.06. The predicted molar refractivity (Wildman–Crippen MR) is 74.0 cm³/mol. The lowest BCUT2D eigenvalue weighted by atomic mass is 9.84. The highest BCUT2D eigenvalue weighted by Crippen LogP contribution is 2.23. The summed E-state index contributed by atoms with van der Waals surface area (Å²) in [7, 11) is -2.95. The highest BCUT2D eigenvalue weighted by Gasteiger charge is 2.23. The second-order valence-electron chi connectivity index (χ2n) is 5.97. The van der Waals surface area contributed by atoms with Crippen molar-refractivity contribution in [2.24, 2.45) is 17.1 Å². The summed E-state index contributed by atoms with van der Waals surface area (Å²) >= 11 is 0. The van der Waals surface area contributed by atoms with E-state index >= 15 is 0 Å². The molecule has 0 spiro atoms. The van der Waals surface area contributed by atoms with E-state index in [-0.39, 0.29) is 23.0 Å². The van der Waals surface area contributed by atoms with Gasteiger partial charge in [0.25, 0.3) is 0 Å². The second kappa shape index (κ2) is 7.09. The lowest BCUT2D eigenvalue weighted by Crippen LogP contribution is -2.37. The maximum absolute atomic E-state index is 11.8. The van der Waals surface area contributed by atoms with Crippen LogP contribution in [0.3, 0.4) is 0 Å². The van der Waals surface area contributed by atoms with Crippen molar-refractivity contribution in [2.75, 3.05) is 25.1 Å². The Hall–Kier alpha value is -0.620. The molecular weight excluding hydrogens is 252 g/mol. The summed E-state index contributed by atoms with van der Waals surface area (Å²) in [5, 5.41) is 2.75. The molecule has 0 fully saturated rings. The summed E-state index contributed by atoms with van der Waals surface area (Å²) in [6.45, 7) is 6.88. The molecular formula is C12H26N2O3S. The zero-order valence-electron chi connectivity index (χ0n) is 11.8. The molecule has 1 atom stereocenters. The Kier molecular flexibility index (Phi) is 6.84. The number of rotatable bonds is 7. The van der Waals surface area contributed by atoms with E-state index in [9.17, 15) is 13.2 Å². The van der Waals surface area contributed by atoms with E-state index in [1.165, 1.54) is 6.26 Å². The third-order valence-corrected chi connectivity index (χ3v) is 3.54. The zero-order valence-corrected chi connectivity index (χ0v) is 12.6. The molecule has 3 N–H and O–H groups in total. The number of carbonyl (C=O) groups is 1. The molecule has 0 radical (unpaired) electrons. The fraction of sp³-hybridized carbons (Fsp3) is 0.917. The van der Waals surface area contributed by atoms with Gasteiger partial charge in [-0.15, -0.1) is 0 Å². The van der Waals surface area contributed by atoms with E-state index in [0.717, 1.165) is 6.42 Å². The summed E-state index contributed by atoms with van der Waals surface area (Å²) in [5.41, 5.74) is 5.65. The van der Waals surface area contributed by atoms with Crippen LogP contribution in [0.5, 0.6) is 0 Å². The van der Waals surface area contributed by atoms with Crippen molar-refractivity contribution in [2.45, 2.75) is 33.6 Å². The van der Waals surface area contributed by atoms with Gasteiger partial charge in [0.15, 0.2) is 0 Å². The number of hydrogen-bond acceptors (Lipinski definition) is 4. The van der Waals surface area contributed by atoms with Crippen LogP contribution in [-0.2, 0) is 14.6 Å². The molecule has 0 rings (SSSR count). The first-order valence-corrected chi connectivity index (χ1v) is 8.27. The molecule has 108 valence electrons. The van der Waals surface area contributed by atoms with Crippen molar-refractivity contribution < 1.29 is 13.2 Å². The van der Waals surface area contributed by atoms with Gasteiger partial charge in [-0.3, -0.25) is 4.79 Å². The maximum Gasteiger partial charge on any atom is 0.224 e. The van der Waals surface area contributed by atoms with Gasteiger partial charge in [0, 0.05) is 19.3 Å². The molecule has 0 saturated carbocycles. The van der Waals surface area contributed by atoms with E-state index in [0.29, 0.717) is 19.5 Å². The van der Waals surface area contributed by atoms with Crippen LogP contribution in [0, 0.1) is 11.3 Å². The van der Waals surface area contributed by atoms with Gasteiger partial charge in [-0.1, -0.05) is 20.8 Å². The molecule has 5 nitrogen and oxygen atoms in total. The van der Waals surface area contributed by atoms with Gasteiger partial charge in [0.2, 0.25) is 5.91 Å². The predicted octanol–water partition coefficient (Wildman–Crippen LogP) is 0.548. The minimum absolute atomic E-state index is 0.0497. The van der Waals surface area contributed by atoms with Crippen LogP contribution in [-0.4, -0.2) is 39.4 Å². The van der Waals surface area contributed by atoms with Crippen molar-refractivity contribution in [1.29, 1.82) is 0 Å². The van der Waals surface area contributed by atoms with Crippen molar-refractivity contribution in [3.8, 4) is 0 Å². The lowest BCUT2D eigenvalue weighted by molar-refractivity contribution is -0.125. The summed E-state index contributed by atoms with van der Waals surface area (Å²) in [6.07, 6.45) is 2.36. The fourth-order valence-corrected chi connectivity index (χ4v) is 2.38. The zero-order chi connectivity index (χ0) is 14.4. The molecule has 0 aromatic carbocycles. The van der Waals surface area contributed by atoms with Gasteiger partial charge >= 0.3 is 0 Å². The molecule has 0 aliphatic heterocycles. The average molecular weight is 278 g/mol. The smallest absolute Gasteiger partial charge is 0.224 e. The summed E-state index contributed by atoms with van der Waals surface area (Å²) in [5.74, 6) is -0.191. The standard InChI is InChI=1S/C12H26N2O3S/c1-12(2,3)8-10(9-13)11(15)14-6-5-7-18(4,16)17/h10H,5-9,13H2,1-4H3,(H,14,15). The lowest BCUT2D eigenvalue weighted by Gasteiger charge is -2.24. The minimum atomic E-state index is -2.95. The summed E-state index contributed by atoms with van der Waals surface area (Å²) in [4.78, 5) is 11.8. The SMILES string of the molecule is CC(C)(C)CC(CN)C(=O)NCCCS(C)(=O)=O. The van der Waals surface area contributed by atoms with Crippen LogP contribution < -0.4 is 11.1 Å². The minimum Gasteiger partial charge on any atom is -0.356 e. The van der Waals surface area contributed by atoms with Gasteiger partial charge in [-0.2, -0.15) is 0 Å². The average Bonchev–Trinajstić information content (AvgIpc) is 2.18. The quantitative estimate of drug-likeness (QED) is 0.665. The van der Waals surface area contributed by atoms with Crippen molar-refractivity contribution in [3.63, 3.8) is 0 Å². The Morgan fingerprint density at radius 2 is 1.89 bits per heavy atom. The molecule has 0 aromatic heterocycles. The van der Waals surface area contributed by atoms with Crippen molar-refractivity contribution >= 4 is 15.7 Å². The molecule has 6 heteroatoms. The number of amides is 1. The maximum atomic E-state index is 11.8. The van der Waals surface area contributed by atoms with Crippen LogP contribution in [0.1, 0.15) is 33.6 Å². The molecule has 0 saturated heterocycles. The molecule has 0 aliphatic carbocycles. The highest BCUT2D eigenvalue weighted by atomic mass is 32.2. The first-order valence-electron chi connectivity index (χ1n) is 6.20. The van der Waals surface area contributed by atoms with Gasteiger partial charge in [-0.25, -0.2) is 8.42 Å². The normalized spacial score (nSPS) is 14.3. The third kappa shape index (κ3) is 9.41. The third-order valence-electron chi connectivity index (χ3n) is 2.51. The number of sulfone groups is 1. The van der Waals surface area contributed by atoms with Gasteiger partial charge < -0.3 is 11.1 Å². The monoisotopic (exact) mass is 278 g/mol. The van der Waals surface area contributed by atoms with E-state index in [1.54, 1.807) is 0 Å². The van der Waals surface area contributed by atoms with E-state index in [1.807, 2.05) is 0 Å². The Bertz CT molecular complexity index is 358. The first kappa shape index (κ1) is 17.4. The summed E-state index contributed by atoms with van der Waals surface area (Å²) < 4.78 is 21.8. The molecule has 1 unspecified atom stereocenters. The van der Waals surface area contributed by atoms with E-state index in [2.05, 4.69) is 26.1 Å².